The van der Waals surface area contributed by atoms with Gasteiger partial charge in [0.05, 0.1) is 0 Å². The number of halogens is 2. The summed E-state index contributed by atoms with van der Waals surface area (Å²) in [5.41, 5.74) is 7.02. The summed E-state index contributed by atoms with van der Waals surface area (Å²) in [6.07, 6.45) is 1.72. The van der Waals surface area contributed by atoms with E-state index in [0.717, 1.165) is 33.2 Å². The van der Waals surface area contributed by atoms with Crippen LogP contribution < -0.4 is 5.73 Å². The zero-order chi connectivity index (χ0) is 14.5. The van der Waals surface area contributed by atoms with Crippen LogP contribution in [0.4, 0.5) is 4.39 Å². The Labute approximate surface area is 128 Å². The molecule has 0 fully saturated rings. The molecule has 1 unspecified atom stereocenters. The standard InChI is InChI=1S/C16H17ClFNS/c1-2-13(19)9-11-3-6-15(10-16(11)17)20-14-7-4-12(18)5-8-14/h3-8,10,13H,2,9,19H2,1H3. The SMILES string of the molecule is CCC(N)Cc1ccc(Sc2ccc(F)cc2)cc1Cl. The second-order valence-corrected chi connectivity index (χ2v) is 6.24. The molecule has 1 atom stereocenters. The molecule has 0 heterocycles. The first-order chi connectivity index (χ1) is 9.58. The number of benzene rings is 2. The first kappa shape index (κ1) is 15.4. The van der Waals surface area contributed by atoms with Crippen molar-refractivity contribution >= 4 is 23.4 Å². The quantitative estimate of drug-likeness (QED) is 0.849. The van der Waals surface area contributed by atoms with E-state index < -0.39 is 0 Å². The van der Waals surface area contributed by atoms with Gasteiger partial charge in [-0.15, -0.1) is 0 Å². The summed E-state index contributed by atoms with van der Waals surface area (Å²) in [4.78, 5) is 2.02. The van der Waals surface area contributed by atoms with Crippen LogP contribution in [0.15, 0.2) is 52.3 Å². The zero-order valence-corrected chi connectivity index (χ0v) is 12.8. The smallest absolute Gasteiger partial charge is 0.123 e. The van der Waals surface area contributed by atoms with Gasteiger partial charge < -0.3 is 5.73 Å². The van der Waals surface area contributed by atoms with Crippen LogP contribution in [0.2, 0.25) is 5.02 Å². The lowest BCUT2D eigenvalue weighted by Gasteiger charge is -2.11. The van der Waals surface area contributed by atoms with Crippen LogP contribution in [0.3, 0.4) is 0 Å². The average molecular weight is 310 g/mol. The predicted octanol–water partition coefficient (Wildman–Crippen LogP) is 4.91. The molecular weight excluding hydrogens is 293 g/mol. The Bertz CT molecular complexity index is 571. The van der Waals surface area contributed by atoms with E-state index in [9.17, 15) is 4.39 Å². The van der Waals surface area contributed by atoms with Crippen molar-refractivity contribution in [2.45, 2.75) is 35.6 Å². The fourth-order valence-corrected chi connectivity index (χ4v) is 3.00. The molecule has 1 nitrogen and oxygen atoms in total. The van der Waals surface area contributed by atoms with Crippen molar-refractivity contribution in [2.75, 3.05) is 0 Å². The maximum absolute atomic E-state index is 12.9. The van der Waals surface area contributed by atoms with Gasteiger partial charge in [0.2, 0.25) is 0 Å². The second kappa shape index (κ2) is 7.11. The predicted molar refractivity (Wildman–Crippen MR) is 83.9 cm³/mol. The average Bonchev–Trinajstić information content (AvgIpc) is 2.44. The minimum Gasteiger partial charge on any atom is -0.327 e. The summed E-state index contributed by atoms with van der Waals surface area (Å²) in [6, 6.07) is 12.6. The van der Waals surface area contributed by atoms with E-state index in [1.807, 2.05) is 18.2 Å². The minimum atomic E-state index is -0.226. The first-order valence-electron chi connectivity index (χ1n) is 6.56. The largest absolute Gasteiger partial charge is 0.327 e. The number of nitrogens with two attached hydrogens (primary N) is 1. The van der Waals surface area contributed by atoms with Crippen molar-refractivity contribution in [1.29, 1.82) is 0 Å². The van der Waals surface area contributed by atoms with Crippen LogP contribution in [0, 0.1) is 5.82 Å². The molecule has 0 aliphatic heterocycles. The van der Waals surface area contributed by atoms with Crippen molar-refractivity contribution in [3.63, 3.8) is 0 Å². The van der Waals surface area contributed by atoms with Gasteiger partial charge in [0, 0.05) is 20.9 Å². The van der Waals surface area contributed by atoms with Crippen LogP contribution >= 0.6 is 23.4 Å². The molecule has 0 aliphatic carbocycles. The normalized spacial score (nSPS) is 12.4. The summed E-state index contributed by atoms with van der Waals surface area (Å²) < 4.78 is 12.9. The molecule has 0 amide bonds. The van der Waals surface area contributed by atoms with E-state index in [1.54, 1.807) is 23.9 Å². The van der Waals surface area contributed by atoms with Gasteiger partial charge in [0.15, 0.2) is 0 Å². The molecule has 0 bridgehead atoms. The molecule has 2 aromatic rings. The molecule has 2 aromatic carbocycles. The van der Waals surface area contributed by atoms with E-state index >= 15 is 0 Å². The lowest BCUT2D eigenvalue weighted by molar-refractivity contribution is 0.626. The second-order valence-electron chi connectivity index (χ2n) is 4.68. The van der Waals surface area contributed by atoms with Gasteiger partial charge in [0.1, 0.15) is 5.82 Å². The monoisotopic (exact) mass is 309 g/mol. The molecular formula is C16H17ClFNS. The molecule has 0 saturated carbocycles. The molecule has 0 spiro atoms. The number of hydrogen-bond donors (Lipinski definition) is 1. The van der Waals surface area contributed by atoms with Crippen LogP contribution in [0.5, 0.6) is 0 Å². The van der Waals surface area contributed by atoms with Gasteiger partial charge in [0.25, 0.3) is 0 Å². The van der Waals surface area contributed by atoms with Gasteiger partial charge in [-0.05, 0) is 54.8 Å². The Kier molecular flexibility index (Phi) is 5.46. The Morgan fingerprint density at radius 3 is 2.40 bits per heavy atom. The van der Waals surface area contributed by atoms with Gasteiger partial charge in [-0.1, -0.05) is 36.4 Å². The van der Waals surface area contributed by atoms with Gasteiger partial charge >= 0.3 is 0 Å². The third-order valence-corrected chi connectivity index (χ3v) is 4.43. The highest BCUT2D eigenvalue weighted by molar-refractivity contribution is 7.99. The molecule has 0 saturated heterocycles. The third kappa shape index (κ3) is 4.23. The van der Waals surface area contributed by atoms with Gasteiger partial charge in [-0.3, -0.25) is 0 Å². The zero-order valence-electron chi connectivity index (χ0n) is 11.3. The van der Waals surface area contributed by atoms with Crippen LogP contribution in [0.1, 0.15) is 18.9 Å². The molecule has 0 radical (unpaired) electrons. The van der Waals surface area contributed by atoms with E-state index in [4.69, 9.17) is 17.3 Å². The Hall–Kier alpha value is -1.03. The fraction of sp³-hybridized carbons (Fsp3) is 0.250. The van der Waals surface area contributed by atoms with E-state index in [1.165, 1.54) is 12.1 Å². The van der Waals surface area contributed by atoms with Crippen molar-refractivity contribution in [3.05, 3.63) is 58.9 Å². The highest BCUT2D eigenvalue weighted by Crippen LogP contribution is 2.31. The van der Waals surface area contributed by atoms with Gasteiger partial charge in [-0.25, -0.2) is 4.39 Å². The molecule has 20 heavy (non-hydrogen) atoms. The summed E-state index contributed by atoms with van der Waals surface area (Å²) in [5, 5.41) is 0.737. The van der Waals surface area contributed by atoms with Crippen molar-refractivity contribution in [1.82, 2.24) is 0 Å². The first-order valence-corrected chi connectivity index (χ1v) is 7.75. The van der Waals surface area contributed by atoms with E-state index in [2.05, 4.69) is 6.92 Å². The number of rotatable bonds is 5. The number of hydrogen-bond acceptors (Lipinski definition) is 2. The van der Waals surface area contributed by atoms with E-state index in [0.29, 0.717) is 0 Å². The Morgan fingerprint density at radius 1 is 1.15 bits per heavy atom. The lowest BCUT2D eigenvalue weighted by atomic mass is 10.1. The third-order valence-electron chi connectivity index (χ3n) is 3.08. The molecule has 0 aromatic heterocycles. The van der Waals surface area contributed by atoms with Crippen LogP contribution in [-0.4, -0.2) is 6.04 Å². The summed E-state index contributed by atoms with van der Waals surface area (Å²) in [7, 11) is 0. The van der Waals surface area contributed by atoms with Gasteiger partial charge in [-0.2, -0.15) is 0 Å². The summed E-state index contributed by atoms with van der Waals surface area (Å²) >= 11 is 7.85. The lowest BCUT2D eigenvalue weighted by Crippen LogP contribution is -2.21. The topological polar surface area (TPSA) is 26.0 Å². The highest BCUT2D eigenvalue weighted by atomic mass is 35.5. The Balaban J connectivity index is 2.10. The maximum atomic E-state index is 12.9. The molecule has 2 rings (SSSR count). The Morgan fingerprint density at radius 2 is 1.80 bits per heavy atom. The van der Waals surface area contributed by atoms with E-state index in [-0.39, 0.29) is 11.9 Å². The minimum absolute atomic E-state index is 0.142. The molecule has 0 aliphatic rings. The summed E-state index contributed by atoms with van der Waals surface area (Å²) in [6.45, 7) is 2.07. The summed E-state index contributed by atoms with van der Waals surface area (Å²) in [5.74, 6) is -0.226. The fourth-order valence-electron chi connectivity index (χ4n) is 1.82. The molecule has 106 valence electrons. The highest BCUT2D eigenvalue weighted by Gasteiger charge is 2.07. The van der Waals surface area contributed by atoms with Crippen molar-refractivity contribution in [2.24, 2.45) is 5.73 Å². The molecule has 4 heteroatoms. The van der Waals surface area contributed by atoms with Crippen molar-refractivity contribution in [3.8, 4) is 0 Å². The molecule has 2 N–H and O–H groups in total. The van der Waals surface area contributed by atoms with Crippen LogP contribution in [-0.2, 0) is 6.42 Å². The maximum Gasteiger partial charge on any atom is 0.123 e. The van der Waals surface area contributed by atoms with Crippen LogP contribution in [0.25, 0.3) is 0 Å². The van der Waals surface area contributed by atoms with Crippen molar-refractivity contribution < 1.29 is 4.39 Å².